The maximum absolute atomic E-state index is 12.5. The zero-order valence-electron chi connectivity index (χ0n) is 14.5. The topological polar surface area (TPSA) is 96.9 Å². The second-order valence-corrected chi connectivity index (χ2v) is 10.2. The van der Waals surface area contributed by atoms with Crippen LogP contribution in [-0.2, 0) is 20.6 Å². The summed E-state index contributed by atoms with van der Waals surface area (Å²) in [4.78, 5) is 13.6. The lowest BCUT2D eigenvalue weighted by Gasteiger charge is -2.08. The van der Waals surface area contributed by atoms with Gasteiger partial charge in [0, 0.05) is 16.5 Å². The molecule has 2 heterocycles. The van der Waals surface area contributed by atoms with Crippen LogP contribution in [-0.4, -0.2) is 35.8 Å². The van der Waals surface area contributed by atoms with E-state index in [4.69, 9.17) is 34.4 Å². The summed E-state index contributed by atoms with van der Waals surface area (Å²) < 4.78 is 11.2. The van der Waals surface area contributed by atoms with Crippen molar-refractivity contribution in [1.82, 2.24) is 15.1 Å². The Hall–Kier alpha value is -1.59. The third-order valence-corrected chi connectivity index (χ3v) is 6.94. The zero-order valence-corrected chi connectivity index (χ0v) is 19.4. The number of benzene rings is 1. The minimum absolute atomic E-state index is 0.215. The molecular weight excluding hydrogens is 507 g/mol. The highest BCUT2D eigenvalue weighted by Crippen LogP contribution is 2.30. The van der Waals surface area contributed by atoms with Crippen LogP contribution in [0.15, 0.2) is 28.6 Å². The summed E-state index contributed by atoms with van der Waals surface area (Å²) in [6.45, 7) is 0. The van der Waals surface area contributed by atoms with Crippen molar-refractivity contribution in [3.05, 3.63) is 33.8 Å². The molecular formula is C16H9N3O5S6. The van der Waals surface area contributed by atoms with Crippen LogP contribution in [0.1, 0.15) is 5.56 Å². The Labute approximate surface area is 198 Å². The smallest absolute Gasteiger partial charge is 0.253 e. The van der Waals surface area contributed by atoms with E-state index in [2.05, 4.69) is 42.2 Å². The van der Waals surface area contributed by atoms with E-state index in [1.165, 1.54) is 39.8 Å². The van der Waals surface area contributed by atoms with E-state index in [1.807, 2.05) is 12.1 Å². The number of H-pyrrole nitrogens is 1. The van der Waals surface area contributed by atoms with Gasteiger partial charge in [-0.3, -0.25) is 9.89 Å². The zero-order chi connectivity index (χ0) is 21.3. The first-order chi connectivity index (χ1) is 14.6. The average molecular weight is 516 g/mol. The van der Waals surface area contributed by atoms with Crippen molar-refractivity contribution in [3.8, 4) is 28.4 Å². The van der Waals surface area contributed by atoms with Crippen LogP contribution in [0.2, 0.25) is 0 Å². The van der Waals surface area contributed by atoms with Crippen molar-refractivity contribution in [2.75, 3.05) is 0 Å². The number of nitrogens with one attached hydrogen (secondary N) is 1. The van der Waals surface area contributed by atoms with Crippen molar-refractivity contribution in [1.29, 1.82) is 0 Å². The van der Waals surface area contributed by atoms with Crippen LogP contribution in [0.3, 0.4) is 0 Å². The molecule has 1 atom stereocenters. The van der Waals surface area contributed by atoms with E-state index in [-0.39, 0.29) is 11.2 Å². The molecule has 3 rings (SSSR count). The Morgan fingerprint density at radius 1 is 1.30 bits per heavy atom. The molecule has 154 valence electrons. The van der Waals surface area contributed by atoms with Crippen molar-refractivity contribution in [2.24, 2.45) is 0 Å². The summed E-state index contributed by atoms with van der Waals surface area (Å²) in [5.41, 5.74) is 0.941. The Morgan fingerprint density at radius 2 is 2.10 bits per heavy atom. The van der Waals surface area contributed by atoms with Gasteiger partial charge in [-0.25, -0.2) is 10.2 Å². The Kier molecular flexibility index (Phi) is 9.01. The molecule has 0 saturated carbocycles. The van der Waals surface area contributed by atoms with Gasteiger partial charge in [-0.2, -0.15) is 5.10 Å². The predicted octanol–water partition coefficient (Wildman–Crippen LogP) is 4.05. The van der Waals surface area contributed by atoms with Crippen LogP contribution in [0, 0.1) is 26.6 Å². The number of carbonyl (C=O) groups excluding carboxylic acids is 1. The molecule has 1 aromatic heterocycles. The molecule has 1 saturated heterocycles. The maximum Gasteiger partial charge on any atom is 0.253 e. The fraction of sp³-hybridized carbons (Fsp3) is 0.125. The van der Waals surface area contributed by atoms with Gasteiger partial charge in [-0.15, -0.1) is 4.33 Å². The second-order valence-electron chi connectivity index (χ2n) is 5.12. The molecule has 0 spiro atoms. The summed E-state index contributed by atoms with van der Waals surface area (Å²) in [7, 11) is 0. The van der Waals surface area contributed by atoms with E-state index in [0.29, 0.717) is 32.5 Å². The van der Waals surface area contributed by atoms with E-state index in [1.54, 1.807) is 12.1 Å². The molecule has 30 heavy (non-hydrogen) atoms. The van der Waals surface area contributed by atoms with Crippen molar-refractivity contribution >= 4 is 81.6 Å². The lowest BCUT2D eigenvalue weighted by molar-refractivity contribution is -0.431. The minimum Gasteiger partial charge on any atom is -0.407 e. The van der Waals surface area contributed by atoms with Gasteiger partial charge in [0.25, 0.3) is 5.91 Å². The SMILES string of the molecule is O=C1C(Cc2ccc(OC#CSc3n[nH]c(=S)s3)cc2)SC(=S)N1C#CSOOO. The molecule has 1 aromatic carbocycles. The van der Waals surface area contributed by atoms with Gasteiger partial charge in [0.15, 0.2) is 12.6 Å². The summed E-state index contributed by atoms with van der Waals surface area (Å²) >= 11 is 14.5. The van der Waals surface area contributed by atoms with Gasteiger partial charge < -0.3 is 4.74 Å². The molecule has 0 bridgehead atoms. The van der Waals surface area contributed by atoms with Crippen LogP contribution in [0.4, 0.5) is 0 Å². The fourth-order valence-corrected chi connectivity index (χ4v) is 5.33. The molecule has 8 nitrogen and oxygen atoms in total. The van der Waals surface area contributed by atoms with Gasteiger partial charge in [0.1, 0.15) is 23.9 Å². The number of amides is 1. The highest BCUT2D eigenvalue weighted by Gasteiger charge is 2.36. The molecule has 2 aromatic rings. The first kappa shape index (κ1) is 23.1. The van der Waals surface area contributed by atoms with E-state index < -0.39 is 0 Å². The van der Waals surface area contributed by atoms with Gasteiger partial charge in [0.2, 0.25) is 0 Å². The van der Waals surface area contributed by atoms with Crippen LogP contribution in [0.25, 0.3) is 0 Å². The highest BCUT2D eigenvalue weighted by molar-refractivity contribution is 8.24. The molecule has 1 aliphatic heterocycles. The molecule has 1 unspecified atom stereocenters. The molecule has 1 fully saturated rings. The number of hydrogen-bond donors (Lipinski definition) is 2. The van der Waals surface area contributed by atoms with Gasteiger partial charge in [0.05, 0.1) is 5.25 Å². The summed E-state index contributed by atoms with van der Waals surface area (Å²) in [5, 5.41) is 23.0. The quantitative estimate of drug-likeness (QED) is 0.111. The predicted molar refractivity (Wildman–Crippen MR) is 123 cm³/mol. The number of nitrogens with zero attached hydrogens (tertiary/aromatic N) is 2. The molecule has 0 radical (unpaired) electrons. The third-order valence-electron chi connectivity index (χ3n) is 3.30. The Balaban J connectivity index is 1.51. The molecule has 0 aliphatic carbocycles. The monoisotopic (exact) mass is 515 g/mol. The van der Waals surface area contributed by atoms with Crippen LogP contribution < -0.4 is 4.74 Å². The number of carbonyl (C=O) groups is 1. The number of rotatable bonds is 6. The van der Waals surface area contributed by atoms with E-state index in [9.17, 15) is 4.79 Å². The third kappa shape index (κ3) is 6.71. The van der Waals surface area contributed by atoms with Gasteiger partial charge >= 0.3 is 0 Å². The number of ether oxygens (including phenoxy) is 1. The van der Waals surface area contributed by atoms with Crippen molar-refractivity contribution in [3.63, 3.8) is 0 Å². The lowest BCUT2D eigenvalue weighted by atomic mass is 10.1. The van der Waals surface area contributed by atoms with Gasteiger partial charge in [-0.05, 0) is 48.1 Å². The lowest BCUT2D eigenvalue weighted by Crippen LogP contribution is -2.27. The standard InChI is InChI=1S/C16H9N3O5S6/c20-13-12(29-16(26)19(13)5-7-28-24-23-21)9-10-1-3-11(4-2-10)22-6-8-27-15-18-17-14(25)30-15/h1-4,12,21H,9H2,(H,17,25). The number of thiocarbonyl (C=S) groups is 1. The van der Waals surface area contributed by atoms with E-state index in [0.717, 1.165) is 9.90 Å². The van der Waals surface area contributed by atoms with Crippen molar-refractivity contribution in [2.45, 2.75) is 16.0 Å². The largest absolute Gasteiger partial charge is 0.407 e. The molecule has 1 amide bonds. The number of aromatic amines is 1. The first-order valence-electron chi connectivity index (χ1n) is 7.74. The van der Waals surface area contributed by atoms with Gasteiger partial charge in [-0.1, -0.05) is 52.5 Å². The number of hydrogen-bond acceptors (Lipinski definition) is 12. The first-order valence-corrected chi connectivity index (χ1v) is 11.8. The Morgan fingerprint density at radius 3 is 2.80 bits per heavy atom. The molecule has 14 heteroatoms. The van der Waals surface area contributed by atoms with E-state index >= 15 is 0 Å². The normalized spacial score (nSPS) is 15.4. The summed E-state index contributed by atoms with van der Waals surface area (Å²) in [5.74, 6) is 0.367. The second kappa shape index (κ2) is 11.7. The van der Waals surface area contributed by atoms with Crippen LogP contribution >= 0.6 is 71.3 Å². The Bertz CT molecular complexity index is 1090. The fourth-order valence-electron chi connectivity index (χ4n) is 2.10. The van der Waals surface area contributed by atoms with Crippen LogP contribution in [0.5, 0.6) is 5.75 Å². The average Bonchev–Trinajstić information content (AvgIpc) is 3.27. The minimum atomic E-state index is -0.376. The molecule has 2 N–H and O–H groups in total. The number of aromatic nitrogens is 2. The highest BCUT2D eigenvalue weighted by atomic mass is 32.2. The maximum atomic E-state index is 12.5. The molecule has 1 aliphatic rings. The summed E-state index contributed by atoms with van der Waals surface area (Å²) in [6.07, 6.45) is 3.08. The summed E-state index contributed by atoms with van der Waals surface area (Å²) in [6, 6.07) is 9.82. The van der Waals surface area contributed by atoms with Crippen molar-refractivity contribution < 1.29 is 24.2 Å². The number of thioether (sulfide) groups is 2.